The Morgan fingerprint density at radius 2 is 1.93 bits per heavy atom. The highest BCUT2D eigenvalue weighted by molar-refractivity contribution is 6.00. The Morgan fingerprint density at radius 3 is 2.52 bits per heavy atom. The maximum absolute atomic E-state index is 12.3. The summed E-state index contributed by atoms with van der Waals surface area (Å²) in [6.45, 7) is 11.7. The van der Waals surface area contributed by atoms with Crippen molar-refractivity contribution in [3.63, 3.8) is 0 Å². The Balaban J connectivity index is 0. The Bertz CT molecular complexity index is 749. The minimum Gasteiger partial charge on any atom is -0.353 e. The summed E-state index contributed by atoms with van der Waals surface area (Å²) in [4.78, 5) is 27.7. The molecular formula is C21H38N4O2. The van der Waals surface area contributed by atoms with Crippen LogP contribution in [0.1, 0.15) is 49.4 Å². The molecule has 1 aliphatic heterocycles. The first kappa shape index (κ1) is 21.0. The molecule has 1 aliphatic rings. The van der Waals surface area contributed by atoms with E-state index in [2.05, 4.69) is 34.8 Å². The molecule has 1 aromatic carbocycles. The van der Waals surface area contributed by atoms with Gasteiger partial charge in [0.05, 0.1) is 0 Å². The molecule has 27 heavy (non-hydrogen) atoms. The van der Waals surface area contributed by atoms with Crippen molar-refractivity contribution < 1.29 is 13.9 Å². The summed E-state index contributed by atoms with van der Waals surface area (Å²) in [6.07, 6.45) is 0. The molecule has 1 saturated heterocycles. The van der Waals surface area contributed by atoms with Gasteiger partial charge in [0.15, 0.2) is 0 Å². The van der Waals surface area contributed by atoms with Crippen LogP contribution in [0.25, 0.3) is 10.9 Å². The highest BCUT2D eigenvalue weighted by atomic mass is 16.2. The van der Waals surface area contributed by atoms with Crippen LogP contribution in [-0.2, 0) is 4.79 Å². The molecule has 154 valence electrons. The van der Waals surface area contributed by atoms with E-state index in [9.17, 15) is 9.59 Å². The Hall–Kier alpha value is -2.34. The van der Waals surface area contributed by atoms with Crippen LogP contribution in [0.5, 0.6) is 0 Å². The van der Waals surface area contributed by atoms with Crippen LogP contribution in [-0.4, -0.2) is 42.0 Å². The van der Waals surface area contributed by atoms with E-state index in [1.807, 2.05) is 38.1 Å². The number of para-hydroxylation sites is 1. The number of carbonyl (C=O) groups excluding carboxylic acids is 2. The zero-order valence-electron chi connectivity index (χ0n) is 16.9. The van der Waals surface area contributed by atoms with Crippen LogP contribution in [0.2, 0.25) is 0 Å². The van der Waals surface area contributed by atoms with Gasteiger partial charge < -0.3 is 20.9 Å². The first-order valence-electron chi connectivity index (χ1n) is 9.85. The molecule has 4 N–H and O–H groups in total. The zero-order valence-corrected chi connectivity index (χ0v) is 16.9. The Labute approximate surface area is 165 Å². The quantitative estimate of drug-likeness (QED) is 0.621. The molecule has 2 amide bonds. The molecule has 2 heterocycles. The highest BCUT2D eigenvalue weighted by Crippen LogP contribution is 2.21. The number of rotatable bonds is 6. The maximum atomic E-state index is 12.3. The van der Waals surface area contributed by atoms with Crippen molar-refractivity contribution >= 4 is 22.7 Å². The largest absolute Gasteiger partial charge is 0.353 e. The van der Waals surface area contributed by atoms with E-state index in [-0.39, 0.29) is 16.1 Å². The molecule has 0 aliphatic carbocycles. The lowest BCUT2D eigenvalue weighted by Gasteiger charge is -2.41. The summed E-state index contributed by atoms with van der Waals surface area (Å²) in [5.41, 5.74) is 1.36. The third kappa shape index (κ3) is 5.10. The Kier molecular flexibility index (Phi) is 7.42. The van der Waals surface area contributed by atoms with Crippen LogP contribution in [0.3, 0.4) is 0 Å². The fraction of sp³-hybridized carbons (Fsp3) is 0.524. The number of aromatic nitrogens is 1. The van der Waals surface area contributed by atoms with Gasteiger partial charge >= 0.3 is 0 Å². The molecule has 0 bridgehead atoms. The second-order valence-electron chi connectivity index (χ2n) is 7.13. The third-order valence-corrected chi connectivity index (χ3v) is 5.00. The monoisotopic (exact) mass is 378 g/mol. The molecule has 0 radical (unpaired) electrons. The minimum atomic E-state index is -0.587. The molecule has 3 atom stereocenters. The van der Waals surface area contributed by atoms with Gasteiger partial charge in [0, 0.05) is 34.3 Å². The summed E-state index contributed by atoms with van der Waals surface area (Å²) in [7, 11) is 0. The molecular weight excluding hydrogens is 340 g/mol. The van der Waals surface area contributed by atoms with Crippen LogP contribution in [0.4, 0.5) is 0 Å². The summed E-state index contributed by atoms with van der Waals surface area (Å²) < 4.78 is 0. The highest BCUT2D eigenvalue weighted by Gasteiger charge is 2.32. The van der Waals surface area contributed by atoms with Gasteiger partial charge in [-0.3, -0.25) is 9.59 Å². The molecule has 6 heteroatoms. The summed E-state index contributed by atoms with van der Waals surface area (Å²) >= 11 is 0. The van der Waals surface area contributed by atoms with Crippen molar-refractivity contribution in [3.8, 4) is 0 Å². The average Bonchev–Trinajstić information content (AvgIpc) is 3.06. The van der Waals surface area contributed by atoms with E-state index >= 15 is 0 Å². The number of hydrogen-bond acceptors (Lipinski definition) is 3. The number of amides is 2. The van der Waals surface area contributed by atoms with Gasteiger partial charge in [-0.25, -0.2) is 0 Å². The van der Waals surface area contributed by atoms with Crippen molar-refractivity contribution in [1.29, 1.82) is 0 Å². The van der Waals surface area contributed by atoms with Crippen LogP contribution >= 0.6 is 0 Å². The lowest BCUT2D eigenvalue weighted by Crippen LogP contribution is -2.60. The van der Waals surface area contributed by atoms with E-state index in [1.54, 1.807) is 13.0 Å². The van der Waals surface area contributed by atoms with Gasteiger partial charge in [0.25, 0.3) is 5.91 Å². The topological polar surface area (TPSA) is 86.0 Å². The average molecular weight is 379 g/mol. The summed E-state index contributed by atoms with van der Waals surface area (Å²) in [5, 5.41) is 9.99. The predicted molar refractivity (Wildman–Crippen MR) is 116 cm³/mol. The van der Waals surface area contributed by atoms with Gasteiger partial charge in [-0.15, -0.1) is 0 Å². The van der Waals surface area contributed by atoms with Crippen molar-refractivity contribution in [2.75, 3.05) is 13.1 Å². The second-order valence-corrected chi connectivity index (χ2v) is 7.13. The first-order chi connectivity index (χ1) is 13.0. The van der Waals surface area contributed by atoms with E-state index in [0.717, 1.165) is 17.4 Å². The van der Waals surface area contributed by atoms with E-state index < -0.39 is 6.04 Å². The number of H-pyrrole nitrogens is 1. The second kappa shape index (κ2) is 9.55. The molecule has 1 unspecified atom stereocenters. The van der Waals surface area contributed by atoms with E-state index in [4.69, 9.17) is 0 Å². The lowest BCUT2D eigenvalue weighted by molar-refractivity contribution is -0.122. The summed E-state index contributed by atoms with van der Waals surface area (Å²) in [6, 6.07) is 9.22. The maximum Gasteiger partial charge on any atom is 0.268 e. The van der Waals surface area contributed by atoms with Gasteiger partial charge in [-0.2, -0.15) is 0 Å². The zero-order chi connectivity index (χ0) is 20.0. The number of carbonyl (C=O) groups is 2. The molecule has 1 fully saturated rings. The van der Waals surface area contributed by atoms with Gasteiger partial charge in [-0.1, -0.05) is 45.9 Å². The number of benzene rings is 1. The Morgan fingerprint density at radius 1 is 1.22 bits per heavy atom. The van der Waals surface area contributed by atoms with Gasteiger partial charge in [0.1, 0.15) is 11.7 Å². The SMILES string of the molecule is CC.CC(C)C1CN[C@@H]1CNC(=O)[C@H](C)NC(=O)c1cc2ccccc2[nH]1.[HH].[HH].[HH]. The smallest absolute Gasteiger partial charge is 0.268 e. The van der Waals surface area contributed by atoms with Crippen molar-refractivity contribution in [2.45, 2.75) is 46.7 Å². The number of hydrogen-bond donors (Lipinski definition) is 4. The third-order valence-electron chi connectivity index (χ3n) is 5.00. The van der Waals surface area contributed by atoms with Gasteiger partial charge in [-0.05, 0) is 30.9 Å². The summed E-state index contributed by atoms with van der Waals surface area (Å²) in [5.74, 6) is 0.750. The van der Waals surface area contributed by atoms with Gasteiger partial charge in [0.2, 0.25) is 5.91 Å². The number of aromatic amines is 1. The van der Waals surface area contributed by atoms with Crippen LogP contribution < -0.4 is 16.0 Å². The lowest BCUT2D eigenvalue weighted by atomic mass is 9.82. The molecule has 3 rings (SSSR count). The minimum absolute atomic E-state index is 0. The molecule has 2 aromatic rings. The van der Waals surface area contributed by atoms with Crippen molar-refractivity contribution in [3.05, 3.63) is 36.0 Å². The molecule has 0 spiro atoms. The van der Waals surface area contributed by atoms with Crippen LogP contribution in [0, 0.1) is 11.8 Å². The standard InChI is InChI=1S/C19H26N4O2.C2H6.3H2/c1-11(2)14-9-20-17(14)10-21-18(24)12(3)22-19(25)16-8-13-6-4-5-7-15(13)23-16;1-2;;;/h4-8,11-12,14,17,20,23H,9-10H2,1-3H3,(H,21,24)(H,22,25);1-2H3;3*1H/t12-,14?,17+;;;;/m0..../s1. The molecule has 1 aromatic heterocycles. The number of fused-ring (bicyclic) bond motifs is 1. The fourth-order valence-electron chi connectivity index (χ4n) is 3.24. The number of nitrogens with one attached hydrogen (secondary N) is 4. The fourth-order valence-corrected chi connectivity index (χ4v) is 3.24. The first-order valence-corrected chi connectivity index (χ1v) is 9.85. The van der Waals surface area contributed by atoms with Crippen molar-refractivity contribution in [1.82, 2.24) is 20.9 Å². The molecule has 6 nitrogen and oxygen atoms in total. The molecule has 0 saturated carbocycles. The predicted octanol–water partition coefficient (Wildman–Crippen LogP) is 3.41. The van der Waals surface area contributed by atoms with E-state index in [0.29, 0.717) is 30.1 Å². The van der Waals surface area contributed by atoms with E-state index in [1.165, 1.54) is 0 Å². The normalized spacial score (nSPS) is 19.6. The van der Waals surface area contributed by atoms with Crippen molar-refractivity contribution in [2.24, 2.45) is 11.8 Å². The van der Waals surface area contributed by atoms with Crippen LogP contribution in [0.15, 0.2) is 30.3 Å².